The van der Waals surface area contributed by atoms with Gasteiger partial charge in [-0.1, -0.05) is 19.1 Å². The van der Waals surface area contributed by atoms with Gasteiger partial charge in [0.15, 0.2) is 6.61 Å². The summed E-state index contributed by atoms with van der Waals surface area (Å²) in [5, 5.41) is 3.07. The molecule has 23 heavy (non-hydrogen) atoms. The van der Waals surface area contributed by atoms with Crippen molar-refractivity contribution in [2.24, 2.45) is 5.73 Å². The number of carbonyl (C=O) groups is 3. The molecule has 0 radical (unpaired) electrons. The largest absolute Gasteiger partial charge is 0.464 e. The van der Waals surface area contributed by atoms with Gasteiger partial charge in [-0.05, 0) is 18.1 Å². The lowest BCUT2D eigenvalue weighted by Gasteiger charge is -2.04. The second kappa shape index (κ2) is 7.44. The topological polar surface area (TPSA) is 112 Å². The molecule has 0 spiro atoms. The minimum Gasteiger partial charge on any atom is -0.464 e. The van der Waals surface area contributed by atoms with Gasteiger partial charge < -0.3 is 20.2 Å². The number of hydrogen-bond donors (Lipinski definition) is 2. The van der Waals surface area contributed by atoms with E-state index >= 15 is 0 Å². The zero-order valence-corrected chi connectivity index (χ0v) is 12.8. The van der Waals surface area contributed by atoms with Crippen LogP contribution in [0.3, 0.4) is 0 Å². The maximum atomic E-state index is 11.8. The van der Waals surface area contributed by atoms with Crippen molar-refractivity contribution in [3.63, 3.8) is 0 Å². The average Bonchev–Trinajstić information content (AvgIpc) is 2.93. The molecule has 122 valence electrons. The van der Waals surface area contributed by atoms with Crippen LogP contribution in [0.15, 0.2) is 28.9 Å². The molecule has 0 atom stereocenters. The molecular formula is C16H18N2O5. The third-order valence-electron chi connectivity index (χ3n) is 3.29. The molecule has 0 saturated carbocycles. The Hall–Kier alpha value is -2.83. The Morgan fingerprint density at radius 2 is 2.09 bits per heavy atom. The lowest BCUT2D eigenvalue weighted by Crippen LogP contribution is -2.36. The third kappa shape index (κ3) is 4.57. The Morgan fingerprint density at radius 1 is 1.30 bits per heavy atom. The maximum absolute atomic E-state index is 11.8. The van der Waals surface area contributed by atoms with E-state index in [-0.39, 0.29) is 13.0 Å². The quantitative estimate of drug-likeness (QED) is 0.729. The number of fused-ring (bicyclic) bond motifs is 1. The van der Waals surface area contributed by atoms with E-state index in [4.69, 9.17) is 14.9 Å². The summed E-state index contributed by atoms with van der Waals surface area (Å²) >= 11 is 0. The van der Waals surface area contributed by atoms with Gasteiger partial charge in [0.1, 0.15) is 5.58 Å². The van der Waals surface area contributed by atoms with Gasteiger partial charge in [0.05, 0.1) is 19.2 Å². The Labute approximate surface area is 132 Å². The van der Waals surface area contributed by atoms with Crippen molar-refractivity contribution in [1.82, 2.24) is 5.32 Å². The molecule has 1 aromatic heterocycles. The zero-order chi connectivity index (χ0) is 16.8. The molecule has 2 amide bonds. The van der Waals surface area contributed by atoms with Crippen LogP contribution < -0.4 is 11.1 Å². The van der Waals surface area contributed by atoms with Gasteiger partial charge in [-0.3, -0.25) is 14.4 Å². The summed E-state index contributed by atoms with van der Waals surface area (Å²) in [6.45, 7) is 1.30. The van der Waals surface area contributed by atoms with Crippen molar-refractivity contribution in [3.8, 4) is 0 Å². The van der Waals surface area contributed by atoms with Crippen LogP contribution in [0.5, 0.6) is 0 Å². The molecule has 0 unspecified atom stereocenters. The van der Waals surface area contributed by atoms with E-state index in [1.54, 1.807) is 0 Å². The van der Waals surface area contributed by atoms with Crippen molar-refractivity contribution < 1.29 is 23.5 Å². The number of rotatable bonds is 7. The molecule has 3 N–H and O–H groups in total. The van der Waals surface area contributed by atoms with Gasteiger partial charge in [0.25, 0.3) is 5.91 Å². The Kier molecular flexibility index (Phi) is 5.35. The molecule has 0 saturated heterocycles. The first-order valence-electron chi connectivity index (χ1n) is 7.19. The van der Waals surface area contributed by atoms with E-state index < -0.39 is 24.4 Å². The molecule has 2 rings (SSSR count). The number of amides is 2. The number of primary amides is 1. The number of ether oxygens (including phenoxy) is 1. The number of carbonyl (C=O) groups excluding carboxylic acids is 3. The molecule has 0 aliphatic carbocycles. The number of hydrogen-bond acceptors (Lipinski definition) is 5. The van der Waals surface area contributed by atoms with Gasteiger partial charge in [-0.25, -0.2) is 0 Å². The second-order valence-corrected chi connectivity index (χ2v) is 5.03. The zero-order valence-electron chi connectivity index (χ0n) is 12.8. The fourth-order valence-electron chi connectivity index (χ4n) is 2.07. The second-order valence-electron chi connectivity index (χ2n) is 5.03. The Bertz CT molecular complexity index is 735. The first-order valence-corrected chi connectivity index (χ1v) is 7.19. The minimum atomic E-state index is -0.666. The highest BCUT2D eigenvalue weighted by Gasteiger charge is 2.13. The highest BCUT2D eigenvalue weighted by atomic mass is 16.5. The van der Waals surface area contributed by atoms with Crippen LogP contribution in [0.25, 0.3) is 11.0 Å². The van der Waals surface area contributed by atoms with Crippen LogP contribution in [0, 0.1) is 0 Å². The van der Waals surface area contributed by atoms with Crippen LogP contribution in [0.4, 0.5) is 0 Å². The number of nitrogens with two attached hydrogens (primary N) is 1. The van der Waals surface area contributed by atoms with Crippen molar-refractivity contribution in [1.29, 1.82) is 0 Å². The molecular weight excluding hydrogens is 300 g/mol. The fourth-order valence-corrected chi connectivity index (χ4v) is 2.07. The van der Waals surface area contributed by atoms with E-state index in [0.29, 0.717) is 11.1 Å². The molecule has 0 aliphatic rings. The van der Waals surface area contributed by atoms with E-state index in [1.807, 2.05) is 25.1 Å². The van der Waals surface area contributed by atoms with E-state index in [2.05, 4.69) is 5.32 Å². The van der Waals surface area contributed by atoms with Crippen LogP contribution in [0.1, 0.15) is 18.1 Å². The number of aryl methyl sites for hydroxylation is 1. The summed E-state index contributed by atoms with van der Waals surface area (Å²) in [4.78, 5) is 33.6. The monoisotopic (exact) mass is 318 g/mol. The third-order valence-corrected chi connectivity index (χ3v) is 3.29. The highest BCUT2D eigenvalue weighted by molar-refractivity contribution is 5.88. The van der Waals surface area contributed by atoms with Crippen molar-refractivity contribution in [3.05, 3.63) is 35.6 Å². The number of esters is 1. The number of nitrogens with one attached hydrogen (secondary N) is 1. The predicted molar refractivity (Wildman–Crippen MR) is 82.5 cm³/mol. The van der Waals surface area contributed by atoms with Crippen LogP contribution in [-0.4, -0.2) is 30.9 Å². The summed E-state index contributed by atoms with van der Waals surface area (Å²) in [6, 6.07) is 5.81. The maximum Gasteiger partial charge on any atom is 0.310 e. The van der Waals surface area contributed by atoms with Crippen LogP contribution in [-0.2, 0) is 32.0 Å². The minimum absolute atomic E-state index is 0.00156. The lowest BCUT2D eigenvalue weighted by molar-refractivity contribution is -0.147. The van der Waals surface area contributed by atoms with Crippen molar-refractivity contribution in [2.45, 2.75) is 19.8 Å². The van der Waals surface area contributed by atoms with Gasteiger partial charge in [-0.2, -0.15) is 0 Å². The lowest BCUT2D eigenvalue weighted by atomic mass is 10.1. The van der Waals surface area contributed by atoms with Gasteiger partial charge in [-0.15, -0.1) is 0 Å². The van der Waals surface area contributed by atoms with Crippen molar-refractivity contribution in [2.75, 3.05) is 13.2 Å². The fraction of sp³-hybridized carbons (Fsp3) is 0.312. The first-order chi connectivity index (χ1) is 11.0. The smallest absolute Gasteiger partial charge is 0.310 e. The molecule has 7 heteroatoms. The average molecular weight is 318 g/mol. The summed E-state index contributed by atoms with van der Waals surface area (Å²) in [5.74, 6) is -1.80. The molecule has 7 nitrogen and oxygen atoms in total. The predicted octanol–water partition coefficient (Wildman–Crippen LogP) is 0.682. The SMILES string of the molecule is CCc1ccc2c(CC(=O)OCC(=O)NCC(N)=O)coc2c1. The normalized spacial score (nSPS) is 10.5. The molecule has 1 aromatic carbocycles. The van der Waals surface area contributed by atoms with E-state index in [0.717, 1.165) is 17.4 Å². The molecule has 0 bridgehead atoms. The molecule has 1 heterocycles. The standard InChI is InChI=1S/C16H18N2O5/c1-2-10-3-4-12-11(8-22-13(12)5-10)6-16(21)23-9-15(20)18-7-14(17)19/h3-5,8H,2,6-7,9H2,1H3,(H2,17,19)(H,18,20). The van der Waals surface area contributed by atoms with Gasteiger partial charge in [0.2, 0.25) is 5.91 Å². The molecule has 2 aromatic rings. The van der Waals surface area contributed by atoms with E-state index in [1.165, 1.54) is 6.26 Å². The summed E-state index contributed by atoms with van der Waals surface area (Å²) in [5.41, 5.74) is 7.45. The van der Waals surface area contributed by atoms with Gasteiger partial charge in [0, 0.05) is 10.9 Å². The summed E-state index contributed by atoms with van der Waals surface area (Å²) in [6.07, 6.45) is 2.41. The first kappa shape index (κ1) is 16.5. The molecule has 0 aliphatic heterocycles. The van der Waals surface area contributed by atoms with Gasteiger partial charge >= 0.3 is 5.97 Å². The Balaban J connectivity index is 1.90. The molecule has 0 fully saturated rings. The highest BCUT2D eigenvalue weighted by Crippen LogP contribution is 2.23. The summed E-state index contributed by atoms with van der Waals surface area (Å²) in [7, 11) is 0. The van der Waals surface area contributed by atoms with Crippen LogP contribution in [0.2, 0.25) is 0 Å². The number of benzene rings is 1. The summed E-state index contributed by atoms with van der Waals surface area (Å²) < 4.78 is 10.3. The number of furan rings is 1. The van der Waals surface area contributed by atoms with Crippen molar-refractivity contribution >= 4 is 28.8 Å². The Morgan fingerprint density at radius 3 is 2.78 bits per heavy atom. The van der Waals surface area contributed by atoms with Crippen LogP contribution >= 0.6 is 0 Å². The van der Waals surface area contributed by atoms with E-state index in [9.17, 15) is 14.4 Å².